The standard InChI is InChI=1S/C76H129N2O6P/c1-6-8-10-12-14-16-18-20-22-24-26-28-30-31-32-33-34-35-36-37-38-39-40-41-42-43-44-45-46-47-48-50-52-54-56-58-60-62-64-66-68-70-76(80)77-74(73-84-85(81,82)83-72-71-78(3,4)5)75(79)69-67-65-63-61-59-57-55-53-51-49-29-27-25-23-21-19-17-15-13-11-9-7-2/h8,10,14,16,20,22,26,28,31-32,34-35,37-38,40-41,43-44,46-47,50,52,59,61,67,69,74-75,79H,6-7,9,11-13,15,17-19,21,23-25,27,29-30,33,36,39,42,45,48-49,51,53-58,60,62-66,68,70-73H2,1-5H3,(H-,77,80,81,82)/p+1/b10-8-,16-14-,22-20-,28-26-,32-31-,35-34-,38-37-,41-40-,44-43-,47-46-,52-50-,61-59+,69-67+. The van der Waals surface area contributed by atoms with Crippen molar-refractivity contribution < 1.29 is 32.9 Å². The van der Waals surface area contributed by atoms with Crippen molar-refractivity contribution >= 4 is 13.7 Å². The third-order valence-electron chi connectivity index (χ3n) is 14.5. The lowest BCUT2D eigenvalue weighted by Gasteiger charge is -2.25. The van der Waals surface area contributed by atoms with Crippen LogP contribution < -0.4 is 5.32 Å². The molecule has 0 rings (SSSR count). The summed E-state index contributed by atoms with van der Waals surface area (Å²) >= 11 is 0. The zero-order valence-electron chi connectivity index (χ0n) is 55.3. The van der Waals surface area contributed by atoms with E-state index in [1.165, 1.54) is 122 Å². The van der Waals surface area contributed by atoms with Crippen LogP contribution in [-0.4, -0.2) is 73.4 Å². The second kappa shape index (κ2) is 64.6. The van der Waals surface area contributed by atoms with Crippen molar-refractivity contribution in [1.82, 2.24) is 5.32 Å². The summed E-state index contributed by atoms with van der Waals surface area (Å²) in [5.74, 6) is -0.203. The molecule has 0 fully saturated rings. The highest BCUT2D eigenvalue weighted by Gasteiger charge is 2.27. The Bertz CT molecular complexity index is 1940. The molecule has 0 aromatic carbocycles. The number of nitrogens with zero attached hydrogens (tertiary/aromatic N) is 1. The SMILES string of the molecule is CC/C=C\C/C=C\C/C=C\C/C=C\C/C=C\C/C=C\C/C=C\C/C=C\C/C=C\C/C=C\C/C=C\CCCCCCCCCC(=O)NC(COP(=O)(O)OCC[N+](C)(C)C)C(O)/C=C/CC/C=C/CCCCCCCCCCCCCCCCCC. The lowest BCUT2D eigenvalue weighted by molar-refractivity contribution is -0.870. The molecule has 0 spiro atoms. The fourth-order valence-corrected chi connectivity index (χ4v) is 9.92. The summed E-state index contributed by atoms with van der Waals surface area (Å²) in [5.41, 5.74) is 0. The number of hydrogen-bond acceptors (Lipinski definition) is 5. The van der Waals surface area contributed by atoms with Gasteiger partial charge in [-0.3, -0.25) is 13.8 Å². The molecule has 0 bridgehead atoms. The molecule has 3 N–H and O–H groups in total. The smallest absolute Gasteiger partial charge is 0.387 e. The number of phosphoric ester groups is 1. The molecule has 0 aliphatic carbocycles. The van der Waals surface area contributed by atoms with E-state index >= 15 is 0 Å². The maximum Gasteiger partial charge on any atom is 0.472 e. The number of rotatable bonds is 61. The quantitative estimate of drug-likeness (QED) is 0.0243. The van der Waals surface area contributed by atoms with E-state index < -0.39 is 20.0 Å². The van der Waals surface area contributed by atoms with Gasteiger partial charge in [0.25, 0.3) is 0 Å². The molecule has 0 aliphatic rings. The van der Waals surface area contributed by atoms with Gasteiger partial charge in [0.2, 0.25) is 5.91 Å². The van der Waals surface area contributed by atoms with Crippen LogP contribution in [0.25, 0.3) is 0 Å². The summed E-state index contributed by atoms with van der Waals surface area (Å²) in [6, 6.07) is -0.882. The molecule has 0 saturated carbocycles. The van der Waals surface area contributed by atoms with E-state index in [4.69, 9.17) is 9.05 Å². The number of nitrogens with one attached hydrogen (secondary N) is 1. The number of likely N-dealkylation sites (N-methyl/N-ethyl adjacent to an activating group) is 1. The largest absolute Gasteiger partial charge is 0.472 e. The van der Waals surface area contributed by atoms with Crippen LogP contribution in [0.3, 0.4) is 0 Å². The lowest BCUT2D eigenvalue weighted by atomic mass is 10.0. The molecule has 9 heteroatoms. The maximum atomic E-state index is 13.0. The lowest BCUT2D eigenvalue weighted by Crippen LogP contribution is -2.45. The zero-order chi connectivity index (χ0) is 61.9. The van der Waals surface area contributed by atoms with Crippen LogP contribution in [0.2, 0.25) is 0 Å². The number of aliphatic hydroxyl groups is 1. The number of allylic oxidation sites excluding steroid dienone is 25. The van der Waals surface area contributed by atoms with Gasteiger partial charge in [0.15, 0.2) is 0 Å². The monoisotopic (exact) mass is 1200 g/mol. The van der Waals surface area contributed by atoms with Crippen molar-refractivity contribution in [2.45, 2.75) is 276 Å². The zero-order valence-corrected chi connectivity index (χ0v) is 56.2. The normalized spacial score (nSPS) is 14.7. The van der Waals surface area contributed by atoms with Gasteiger partial charge in [-0.1, -0.05) is 300 Å². The van der Waals surface area contributed by atoms with E-state index in [0.29, 0.717) is 17.4 Å². The molecule has 3 atom stereocenters. The number of carbonyl (C=O) groups is 1. The molecule has 484 valence electrons. The molecule has 8 nitrogen and oxygen atoms in total. The van der Waals surface area contributed by atoms with E-state index in [1.807, 2.05) is 27.2 Å². The second-order valence-corrected chi connectivity index (χ2v) is 25.3. The highest BCUT2D eigenvalue weighted by molar-refractivity contribution is 7.47. The van der Waals surface area contributed by atoms with Gasteiger partial charge in [0.05, 0.1) is 39.9 Å². The summed E-state index contributed by atoms with van der Waals surface area (Å²) in [6.45, 7) is 4.67. The van der Waals surface area contributed by atoms with Gasteiger partial charge in [-0.25, -0.2) is 4.57 Å². The Morgan fingerprint density at radius 1 is 0.412 bits per heavy atom. The van der Waals surface area contributed by atoms with Crippen molar-refractivity contribution in [3.63, 3.8) is 0 Å². The van der Waals surface area contributed by atoms with Crippen LogP contribution in [-0.2, 0) is 18.4 Å². The molecule has 3 unspecified atom stereocenters. The topological polar surface area (TPSA) is 105 Å². The van der Waals surface area contributed by atoms with Crippen LogP contribution in [0.15, 0.2) is 158 Å². The van der Waals surface area contributed by atoms with Gasteiger partial charge in [-0.05, 0) is 116 Å². The van der Waals surface area contributed by atoms with Crippen molar-refractivity contribution in [3.8, 4) is 0 Å². The molecular weight excluding hydrogens is 1070 g/mol. The molecule has 0 saturated heterocycles. The number of aliphatic hydroxyl groups excluding tert-OH is 1. The molecule has 0 radical (unpaired) electrons. The van der Waals surface area contributed by atoms with Crippen LogP contribution >= 0.6 is 7.82 Å². The average molecular weight is 1200 g/mol. The Kier molecular flexibility index (Phi) is 61.6. The van der Waals surface area contributed by atoms with Gasteiger partial charge < -0.3 is 19.8 Å². The van der Waals surface area contributed by atoms with E-state index in [-0.39, 0.29) is 19.1 Å². The highest BCUT2D eigenvalue weighted by atomic mass is 31.2. The summed E-state index contributed by atoms with van der Waals surface area (Å²) in [6.07, 6.45) is 101. The van der Waals surface area contributed by atoms with E-state index in [2.05, 4.69) is 165 Å². The van der Waals surface area contributed by atoms with Crippen LogP contribution in [0.1, 0.15) is 264 Å². The summed E-state index contributed by atoms with van der Waals surface area (Å²) in [4.78, 5) is 23.4. The minimum absolute atomic E-state index is 0.0462. The van der Waals surface area contributed by atoms with Gasteiger partial charge >= 0.3 is 7.82 Å². The molecule has 0 heterocycles. The molecule has 0 aromatic heterocycles. The van der Waals surface area contributed by atoms with E-state index in [0.717, 1.165) is 122 Å². The number of carbonyl (C=O) groups excluding carboxylic acids is 1. The highest BCUT2D eigenvalue weighted by Crippen LogP contribution is 2.43. The van der Waals surface area contributed by atoms with Crippen LogP contribution in [0.5, 0.6) is 0 Å². The first-order valence-corrected chi connectivity index (χ1v) is 35.9. The van der Waals surface area contributed by atoms with Gasteiger partial charge in [-0.15, -0.1) is 0 Å². The molecule has 0 aliphatic heterocycles. The first kappa shape index (κ1) is 81.1. The Morgan fingerprint density at radius 2 is 0.718 bits per heavy atom. The Morgan fingerprint density at radius 3 is 1.08 bits per heavy atom. The number of hydrogen-bond donors (Lipinski definition) is 3. The van der Waals surface area contributed by atoms with Crippen molar-refractivity contribution in [2.24, 2.45) is 0 Å². The number of quaternary nitrogens is 1. The fraction of sp³-hybridized carbons (Fsp3) is 0.645. The predicted octanol–water partition coefficient (Wildman–Crippen LogP) is 22.2. The van der Waals surface area contributed by atoms with Gasteiger partial charge in [0, 0.05) is 6.42 Å². The van der Waals surface area contributed by atoms with Gasteiger partial charge in [0.1, 0.15) is 13.2 Å². The number of amides is 1. The second-order valence-electron chi connectivity index (χ2n) is 23.8. The minimum Gasteiger partial charge on any atom is -0.387 e. The van der Waals surface area contributed by atoms with Gasteiger partial charge in [-0.2, -0.15) is 0 Å². The first-order valence-electron chi connectivity index (χ1n) is 34.4. The third kappa shape index (κ3) is 67.5. The van der Waals surface area contributed by atoms with Crippen molar-refractivity contribution in [3.05, 3.63) is 158 Å². The van der Waals surface area contributed by atoms with Crippen LogP contribution in [0.4, 0.5) is 0 Å². The summed E-state index contributed by atoms with van der Waals surface area (Å²) < 4.78 is 23.8. The minimum atomic E-state index is -4.37. The molecular formula is C76H130N2O6P+. The maximum absolute atomic E-state index is 13.0. The Hall–Kier alpha value is -3.88. The number of unbranched alkanes of at least 4 members (excludes halogenated alkanes) is 24. The Labute approximate surface area is 524 Å². The number of phosphoric acid groups is 1. The molecule has 0 aromatic rings. The van der Waals surface area contributed by atoms with Crippen molar-refractivity contribution in [1.29, 1.82) is 0 Å². The van der Waals surface area contributed by atoms with E-state index in [9.17, 15) is 19.4 Å². The predicted molar refractivity (Wildman–Crippen MR) is 373 cm³/mol. The average Bonchev–Trinajstić information content (AvgIpc) is 3.48. The van der Waals surface area contributed by atoms with E-state index in [1.54, 1.807) is 6.08 Å². The Balaban J connectivity index is 4.20. The summed E-state index contributed by atoms with van der Waals surface area (Å²) in [5, 5.41) is 14.0. The van der Waals surface area contributed by atoms with Crippen molar-refractivity contribution in [2.75, 3.05) is 40.9 Å². The first-order chi connectivity index (χ1) is 41.5. The summed E-state index contributed by atoms with van der Waals surface area (Å²) in [7, 11) is 1.53. The fourth-order valence-electron chi connectivity index (χ4n) is 9.18. The third-order valence-corrected chi connectivity index (χ3v) is 15.5. The molecule has 1 amide bonds. The molecule has 85 heavy (non-hydrogen) atoms. The van der Waals surface area contributed by atoms with Crippen LogP contribution in [0, 0.1) is 0 Å².